The fourth-order valence-corrected chi connectivity index (χ4v) is 6.50. The van der Waals surface area contributed by atoms with E-state index in [1.54, 1.807) is 58.9 Å². The number of furan rings is 1. The van der Waals surface area contributed by atoms with Gasteiger partial charge in [0.1, 0.15) is 17.4 Å². The van der Waals surface area contributed by atoms with Crippen LogP contribution in [0.25, 0.3) is 0 Å². The number of carbonyl (C=O) groups excluding carboxylic acids is 3. The minimum absolute atomic E-state index is 0.00230. The maximum Gasteiger partial charge on any atom is 0.408 e. The van der Waals surface area contributed by atoms with E-state index in [9.17, 15) is 22.8 Å². The monoisotopic (exact) mass is 578 g/mol. The van der Waals surface area contributed by atoms with Gasteiger partial charge < -0.3 is 23.9 Å². The first kappa shape index (κ1) is 31.2. The standard InChI is InChI=1S/C28H38N2O9S/c1-7-36-23(31)16-20-21(24(22-10-9-15-38-22)29-27(33)39-28(4,5)6)17-30(25(20)26(32)37-8-2)40(34,35)19-13-11-18(3)12-14-19/h9-15,20-21,24-25H,7-8,16-17H2,1-6H3,(H,29,33)/t20-,21+,24-,25+/m1/s1. The lowest BCUT2D eigenvalue weighted by Gasteiger charge is -2.29. The largest absolute Gasteiger partial charge is 0.467 e. The SMILES string of the molecule is CCOC(=O)C[C@@H]1[C@@H]([C@@H](NC(=O)OC(C)(C)C)c2ccco2)CN(S(=O)(=O)c2ccc(C)cc2)[C@@H]1C(=O)OCC. The Morgan fingerprint density at radius 2 is 1.73 bits per heavy atom. The van der Waals surface area contributed by atoms with Crippen molar-refractivity contribution in [3.63, 3.8) is 0 Å². The highest BCUT2D eigenvalue weighted by atomic mass is 32.2. The third-order valence-electron chi connectivity index (χ3n) is 6.47. The summed E-state index contributed by atoms with van der Waals surface area (Å²) in [7, 11) is -4.24. The van der Waals surface area contributed by atoms with Crippen molar-refractivity contribution in [2.45, 2.75) is 70.5 Å². The van der Waals surface area contributed by atoms with Crippen LogP contribution >= 0.6 is 0 Å². The molecule has 0 bridgehead atoms. The minimum Gasteiger partial charge on any atom is -0.467 e. The van der Waals surface area contributed by atoms with Gasteiger partial charge in [-0.3, -0.25) is 9.59 Å². The summed E-state index contributed by atoms with van der Waals surface area (Å²) in [5.41, 5.74) is 0.0475. The fraction of sp³-hybridized carbons (Fsp3) is 0.536. The Hall–Kier alpha value is -3.38. The van der Waals surface area contributed by atoms with Crippen molar-refractivity contribution in [1.29, 1.82) is 0 Å². The molecule has 1 aliphatic heterocycles. The summed E-state index contributed by atoms with van der Waals surface area (Å²) in [6, 6.07) is 7.18. The van der Waals surface area contributed by atoms with Gasteiger partial charge in [-0.1, -0.05) is 17.7 Å². The summed E-state index contributed by atoms with van der Waals surface area (Å²) in [5.74, 6) is -2.83. The number of hydrogen-bond donors (Lipinski definition) is 1. The van der Waals surface area contributed by atoms with Crippen molar-refractivity contribution in [3.05, 3.63) is 54.0 Å². The first-order valence-corrected chi connectivity index (χ1v) is 14.7. The second kappa shape index (κ2) is 12.9. The molecule has 0 aliphatic carbocycles. The first-order chi connectivity index (χ1) is 18.8. The van der Waals surface area contributed by atoms with E-state index >= 15 is 0 Å². The van der Waals surface area contributed by atoms with Gasteiger partial charge in [0.05, 0.1) is 36.8 Å². The number of aryl methyl sites for hydroxylation is 1. The molecular formula is C28H38N2O9S. The molecule has 1 aliphatic rings. The number of sulfonamides is 1. The Kier molecular flexibility index (Phi) is 10.0. The molecule has 1 aromatic carbocycles. The molecule has 1 saturated heterocycles. The van der Waals surface area contributed by atoms with Gasteiger partial charge in [-0.05, 0) is 65.8 Å². The Labute approximate surface area is 235 Å². The third-order valence-corrected chi connectivity index (χ3v) is 8.33. The normalized spacial score (nSPS) is 20.5. The van der Waals surface area contributed by atoms with Gasteiger partial charge in [-0.25, -0.2) is 13.2 Å². The van der Waals surface area contributed by atoms with Gasteiger partial charge in [-0.2, -0.15) is 4.31 Å². The minimum atomic E-state index is -4.24. The number of hydrogen-bond acceptors (Lipinski definition) is 9. The van der Waals surface area contributed by atoms with Crippen LogP contribution in [-0.2, 0) is 33.8 Å². The van der Waals surface area contributed by atoms with E-state index in [1.807, 2.05) is 6.92 Å². The van der Waals surface area contributed by atoms with Crippen molar-refractivity contribution >= 4 is 28.1 Å². The molecule has 1 amide bonds. The van der Waals surface area contributed by atoms with Gasteiger partial charge >= 0.3 is 18.0 Å². The maximum atomic E-state index is 14.0. The average molecular weight is 579 g/mol. The number of benzene rings is 1. The number of rotatable bonds is 10. The number of ether oxygens (including phenoxy) is 3. The zero-order chi connectivity index (χ0) is 29.7. The molecule has 4 atom stereocenters. The van der Waals surface area contributed by atoms with Gasteiger partial charge in [0.2, 0.25) is 10.0 Å². The molecule has 3 rings (SSSR count). The van der Waals surface area contributed by atoms with Crippen LogP contribution in [0.15, 0.2) is 52.0 Å². The highest BCUT2D eigenvalue weighted by Crippen LogP contribution is 2.43. The van der Waals surface area contributed by atoms with Crippen LogP contribution in [0.2, 0.25) is 0 Å². The van der Waals surface area contributed by atoms with E-state index in [1.165, 1.54) is 18.4 Å². The molecule has 0 spiro atoms. The van der Waals surface area contributed by atoms with E-state index in [2.05, 4.69) is 5.32 Å². The molecule has 40 heavy (non-hydrogen) atoms. The molecule has 1 fully saturated rings. The molecule has 0 unspecified atom stereocenters. The predicted octanol–water partition coefficient (Wildman–Crippen LogP) is 3.98. The quantitative estimate of drug-likeness (QED) is 0.327. The Balaban J connectivity index is 2.14. The number of amides is 1. The Morgan fingerprint density at radius 3 is 2.27 bits per heavy atom. The molecule has 2 aromatic rings. The molecule has 0 radical (unpaired) electrons. The lowest BCUT2D eigenvalue weighted by atomic mass is 9.82. The van der Waals surface area contributed by atoms with Crippen LogP contribution < -0.4 is 5.32 Å². The highest BCUT2D eigenvalue weighted by Gasteiger charge is 2.55. The smallest absolute Gasteiger partial charge is 0.408 e. The van der Waals surface area contributed by atoms with Crippen molar-refractivity contribution in [3.8, 4) is 0 Å². The number of carbonyl (C=O) groups is 3. The van der Waals surface area contributed by atoms with Crippen LogP contribution in [0.4, 0.5) is 4.79 Å². The van der Waals surface area contributed by atoms with Gasteiger partial charge in [0.15, 0.2) is 0 Å². The van der Waals surface area contributed by atoms with E-state index in [4.69, 9.17) is 18.6 Å². The number of nitrogens with one attached hydrogen (secondary N) is 1. The molecule has 2 heterocycles. The van der Waals surface area contributed by atoms with Crippen LogP contribution in [0.3, 0.4) is 0 Å². The topological polar surface area (TPSA) is 141 Å². The third kappa shape index (κ3) is 7.42. The average Bonchev–Trinajstić information content (AvgIpc) is 3.51. The Bertz CT molecular complexity index is 1270. The van der Waals surface area contributed by atoms with Crippen LogP contribution in [0.1, 0.15) is 58.4 Å². The Morgan fingerprint density at radius 1 is 1.07 bits per heavy atom. The lowest BCUT2D eigenvalue weighted by Crippen LogP contribution is -2.45. The summed E-state index contributed by atoms with van der Waals surface area (Å²) in [5, 5.41) is 2.78. The summed E-state index contributed by atoms with van der Waals surface area (Å²) in [6.07, 6.45) is 0.351. The highest BCUT2D eigenvalue weighted by molar-refractivity contribution is 7.89. The van der Waals surface area contributed by atoms with Gasteiger partial charge in [0.25, 0.3) is 0 Å². The molecule has 11 nitrogen and oxygen atoms in total. The number of esters is 2. The summed E-state index contributed by atoms with van der Waals surface area (Å²) in [6.45, 7) is 10.1. The number of alkyl carbamates (subject to hydrolysis) is 1. The van der Waals surface area contributed by atoms with E-state index in [0.29, 0.717) is 5.76 Å². The zero-order valence-electron chi connectivity index (χ0n) is 23.7. The second-order valence-electron chi connectivity index (χ2n) is 10.6. The molecule has 12 heteroatoms. The molecule has 220 valence electrons. The molecule has 0 saturated carbocycles. The first-order valence-electron chi connectivity index (χ1n) is 13.2. The van der Waals surface area contributed by atoms with Crippen molar-refractivity contribution < 1.29 is 41.4 Å². The summed E-state index contributed by atoms with van der Waals surface area (Å²) < 4.78 is 50.5. The lowest BCUT2D eigenvalue weighted by molar-refractivity contribution is -0.150. The van der Waals surface area contributed by atoms with Crippen molar-refractivity contribution in [1.82, 2.24) is 9.62 Å². The summed E-state index contributed by atoms with van der Waals surface area (Å²) >= 11 is 0. The van der Waals surface area contributed by atoms with Crippen molar-refractivity contribution in [2.24, 2.45) is 11.8 Å². The van der Waals surface area contributed by atoms with E-state index in [-0.39, 0.29) is 31.1 Å². The van der Waals surface area contributed by atoms with Crippen LogP contribution in [0, 0.1) is 18.8 Å². The van der Waals surface area contributed by atoms with E-state index in [0.717, 1.165) is 9.87 Å². The maximum absolute atomic E-state index is 14.0. The molecular weight excluding hydrogens is 540 g/mol. The van der Waals surface area contributed by atoms with Crippen LogP contribution in [0.5, 0.6) is 0 Å². The van der Waals surface area contributed by atoms with E-state index < -0.39 is 57.6 Å². The summed E-state index contributed by atoms with van der Waals surface area (Å²) in [4.78, 5) is 39.1. The predicted molar refractivity (Wildman–Crippen MR) is 145 cm³/mol. The second-order valence-corrected chi connectivity index (χ2v) is 12.5. The van der Waals surface area contributed by atoms with Gasteiger partial charge in [0, 0.05) is 18.4 Å². The fourth-order valence-electron chi connectivity index (χ4n) is 4.84. The zero-order valence-corrected chi connectivity index (χ0v) is 24.5. The number of nitrogens with zero attached hydrogens (tertiary/aromatic N) is 1. The van der Waals surface area contributed by atoms with Crippen LogP contribution in [-0.4, -0.2) is 62.2 Å². The molecule has 1 aromatic heterocycles. The van der Waals surface area contributed by atoms with Gasteiger partial charge in [-0.15, -0.1) is 0 Å². The van der Waals surface area contributed by atoms with Crippen molar-refractivity contribution in [2.75, 3.05) is 19.8 Å². The molecule has 1 N–H and O–H groups in total.